The number of hydrogen-bond acceptors (Lipinski definition) is 3. The molecule has 3 aromatic rings. The van der Waals surface area contributed by atoms with Crippen molar-refractivity contribution in [2.75, 3.05) is 12.4 Å². The third-order valence-electron chi connectivity index (χ3n) is 4.17. The molecule has 0 aliphatic carbocycles. The van der Waals surface area contributed by atoms with Crippen LogP contribution in [0.2, 0.25) is 0 Å². The Morgan fingerprint density at radius 1 is 1.00 bits per heavy atom. The number of rotatable bonds is 8. The number of aryl methyl sites for hydroxylation is 1. The summed E-state index contributed by atoms with van der Waals surface area (Å²) in [6.07, 6.45) is 4.27. The summed E-state index contributed by atoms with van der Waals surface area (Å²) in [6.45, 7) is 1.60. The van der Waals surface area contributed by atoms with E-state index in [4.69, 9.17) is 9.84 Å². The lowest BCUT2D eigenvalue weighted by atomic mass is 10.0. The molecule has 0 radical (unpaired) electrons. The van der Waals surface area contributed by atoms with Gasteiger partial charge < -0.3 is 9.84 Å². The van der Waals surface area contributed by atoms with Crippen LogP contribution in [0.15, 0.2) is 83.8 Å². The Kier molecular flexibility index (Phi) is 6.93. The average Bonchev–Trinajstić information content (AvgIpc) is 2.71. The molecule has 4 heteroatoms. The van der Waals surface area contributed by atoms with Crippen molar-refractivity contribution in [3.63, 3.8) is 0 Å². The maximum absolute atomic E-state index is 10.6. The van der Waals surface area contributed by atoms with Gasteiger partial charge in [0.05, 0.1) is 0 Å². The Balaban J connectivity index is 1.52. The van der Waals surface area contributed by atoms with Gasteiger partial charge in [0.25, 0.3) is 0 Å². The van der Waals surface area contributed by atoms with Crippen molar-refractivity contribution < 1.29 is 14.6 Å². The van der Waals surface area contributed by atoms with Crippen LogP contribution in [-0.2, 0) is 4.79 Å². The van der Waals surface area contributed by atoms with E-state index in [0.717, 1.165) is 16.2 Å². The molecule has 3 nitrogen and oxygen atoms in total. The standard InChI is InChI=1S/C24H22O3S/c1-18-16-22(13-14-23(18)27-17-24(25)26)28-15-5-6-19-9-11-21(12-10-19)20-7-3-2-4-8-20/h2-14,16H,15,17H2,1H3,(H,25,26). The highest BCUT2D eigenvalue weighted by Crippen LogP contribution is 2.26. The van der Waals surface area contributed by atoms with Gasteiger partial charge in [-0.05, 0) is 47.4 Å². The fourth-order valence-corrected chi connectivity index (χ4v) is 3.57. The number of carboxylic acids is 1. The molecule has 3 aromatic carbocycles. The van der Waals surface area contributed by atoms with Crippen LogP contribution >= 0.6 is 11.8 Å². The number of carboxylic acid groups (broad SMARTS) is 1. The van der Waals surface area contributed by atoms with Crippen molar-refractivity contribution in [1.82, 2.24) is 0 Å². The van der Waals surface area contributed by atoms with Crippen molar-refractivity contribution >= 4 is 23.8 Å². The van der Waals surface area contributed by atoms with E-state index >= 15 is 0 Å². The molecule has 0 fully saturated rings. The number of benzene rings is 3. The van der Waals surface area contributed by atoms with Gasteiger partial charge in [0.1, 0.15) is 5.75 Å². The van der Waals surface area contributed by atoms with Crippen molar-refractivity contribution in [2.45, 2.75) is 11.8 Å². The Bertz CT molecular complexity index is 947. The van der Waals surface area contributed by atoms with Gasteiger partial charge in [-0.1, -0.05) is 66.7 Å². The van der Waals surface area contributed by atoms with E-state index in [-0.39, 0.29) is 6.61 Å². The molecule has 0 saturated carbocycles. The fourth-order valence-electron chi connectivity index (χ4n) is 2.76. The van der Waals surface area contributed by atoms with Gasteiger partial charge in [-0.2, -0.15) is 0 Å². The molecule has 142 valence electrons. The molecule has 0 aliphatic heterocycles. The van der Waals surface area contributed by atoms with E-state index in [0.29, 0.717) is 5.75 Å². The van der Waals surface area contributed by atoms with E-state index in [1.165, 1.54) is 16.7 Å². The Morgan fingerprint density at radius 3 is 2.39 bits per heavy atom. The van der Waals surface area contributed by atoms with Crippen LogP contribution in [0.1, 0.15) is 11.1 Å². The van der Waals surface area contributed by atoms with Gasteiger partial charge in [-0.25, -0.2) is 4.79 Å². The lowest BCUT2D eigenvalue weighted by Crippen LogP contribution is -2.09. The van der Waals surface area contributed by atoms with Crippen LogP contribution in [0.5, 0.6) is 5.75 Å². The van der Waals surface area contributed by atoms with Crippen LogP contribution in [0, 0.1) is 6.92 Å². The molecule has 1 N–H and O–H groups in total. The molecule has 0 bridgehead atoms. The zero-order valence-corrected chi connectivity index (χ0v) is 16.5. The summed E-state index contributed by atoms with van der Waals surface area (Å²) in [5, 5.41) is 8.69. The van der Waals surface area contributed by atoms with Crippen molar-refractivity contribution in [3.05, 3.63) is 90.0 Å². The minimum atomic E-state index is -0.972. The average molecular weight is 391 g/mol. The predicted molar refractivity (Wildman–Crippen MR) is 116 cm³/mol. The van der Waals surface area contributed by atoms with Gasteiger partial charge in [-0.15, -0.1) is 11.8 Å². The minimum absolute atomic E-state index is 0.320. The van der Waals surface area contributed by atoms with Crippen LogP contribution in [0.4, 0.5) is 0 Å². The first-order chi connectivity index (χ1) is 13.6. The van der Waals surface area contributed by atoms with Gasteiger partial charge in [0.15, 0.2) is 6.61 Å². The lowest BCUT2D eigenvalue weighted by Gasteiger charge is -2.08. The molecule has 3 rings (SSSR count). The van der Waals surface area contributed by atoms with E-state index in [9.17, 15) is 4.79 Å². The molecular formula is C24H22O3S. The topological polar surface area (TPSA) is 46.5 Å². The summed E-state index contributed by atoms with van der Waals surface area (Å²) < 4.78 is 5.26. The molecule has 0 amide bonds. The van der Waals surface area contributed by atoms with E-state index in [1.807, 2.05) is 43.3 Å². The smallest absolute Gasteiger partial charge is 0.341 e. The normalized spacial score (nSPS) is 10.9. The maximum Gasteiger partial charge on any atom is 0.341 e. The first-order valence-electron chi connectivity index (χ1n) is 9.02. The quantitative estimate of drug-likeness (QED) is 0.484. The lowest BCUT2D eigenvalue weighted by molar-refractivity contribution is -0.139. The predicted octanol–water partition coefficient (Wildman–Crippen LogP) is 5.93. The molecule has 0 aliphatic rings. The van der Waals surface area contributed by atoms with Gasteiger partial charge in [0.2, 0.25) is 0 Å². The van der Waals surface area contributed by atoms with Gasteiger partial charge in [-0.3, -0.25) is 0 Å². The summed E-state index contributed by atoms with van der Waals surface area (Å²) in [5.74, 6) is 0.496. The first-order valence-corrected chi connectivity index (χ1v) is 10.0. The number of aliphatic carboxylic acids is 1. The fraction of sp³-hybridized carbons (Fsp3) is 0.125. The number of thioether (sulfide) groups is 1. The van der Waals surface area contributed by atoms with Crippen molar-refractivity contribution in [3.8, 4) is 16.9 Å². The second kappa shape index (κ2) is 9.81. The van der Waals surface area contributed by atoms with Crippen LogP contribution in [-0.4, -0.2) is 23.4 Å². The number of carbonyl (C=O) groups is 1. The summed E-state index contributed by atoms with van der Waals surface area (Å²) >= 11 is 1.73. The second-order valence-corrected chi connectivity index (χ2v) is 7.40. The molecular weight excluding hydrogens is 368 g/mol. The summed E-state index contributed by atoms with van der Waals surface area (Å²) in [7, 11) is 0. The van der Waals surface area contributed by atoms with Gasteiger partial charge >= 0.3 is 5.97 Å². The van der Waals surface area contributed by atoms with Crippen LogP contribution in [0.25, 0.3) is 17.2 Å². The molecule has 0 saturated heterocycles. The minimum Gasteiger partial charge on any atom is -0.482 e. The summed E-state index contributed by atoms with van der Waals surface area (Å²) in [5.41, 5.74) is 4.55. The number of hydrogen-bond donors (Lipinski definition) is 1. The summed E-state index contributed by atoms with van der Waals surface area (Å²) in [4.78, 5) is 11.7. The Morgan fingerprint density at radius 2 is 1.71 bits per heavy atom. The first kappa shape index (κ1) is 19.8. The van der Waals surface area contributed by atoms with Crippen LogP contribution < -0.4 is 4.74 Å². The molecule has 0 heterocycles. The molecule has 0 aromatic heterocycles. The van der Waals surface area contributed by atoms with Crippen LogP contribution in [0.3, 0.4) is 0 Å². The Hall–Kier alpha value is -2.98. The summed E-state index contributed by atoms with van der Waals surface area (Å²) in [6, 6.07) is 24.7. The molecule has 0 atom stereocenters. The molecule has 0 unspecified atom stereocenters. The third kappa shape index (κ3) is 5.76. The largest absolute Gasteiger partial charge is 0.482 e. The molecule has 0 spiro atoms. The second-order valence-electron chi connectivity index (χ2n) is 6.31. The maximum atomic E-state index is 10.6. The highest BCUT2D eigenvalue weighted by Gasteiger charge is 2.04. The monoisotopic (exact) mass is 390 g/mol. The molecule has 28 heavy (non-hydrogen) atoms. The van der Waals surface area contributed by atoms with Gasteiger partial charge in [0, 0.05) is 10.6 Å². The van der Waals surface area contributed by atoms with E-state index < -0.39 is 5.97 Å². The number of ether oxygens (including phenoxy) is 1. The third-order valence-corrected chi connectivity index (χ3v) is 5.12. The zero-order chi connectivity index (χ0) is 19.8. The van der Waals surface area contributed by atoms with E-state index in [2.05, 4.69) is 48.6 Å². The van der Waals surface area contributed by atoms with E-state index in [1.54, 1.807) is 11.8 Å². The van der Waals surface area contributed by atoms with Crippen molar-refractivity contribution in [1.29, 1.82) is 0 Å². The SMILES string of the molecule is Cc1cc(SCC=Cc2ccc(-c3ccccc3)cc2)ccc1OCC(=O)O. The zero-order valence-electron chi connectivity index (χ0n) is 15.7. The van der Waals surface area contributed by atoms with Crippen molar-refractivity contribution in [2.24, 2.45) is 0 Å². The Labute approximate surface area is 169 Å². The highest BCUT2D eigenvalue weighted by atomic mass is 32.2. The highest BCUT2D eigenvalue weighted by molar-refractivity contribution is 7.99.